The average molecular weight is 344 g/mol. The number of ether oxygens (including phenoxy) is 3. The molecule has 1 unspecified atom stereocenters. The Kier molecular flexibility index (Phi) is 4.35. The number of methoxy groups -OCH3 is 3. The topological polar surface area (TPSA) is 87.5 Å². The monoisotopic (exact) mass is 344 g/mol. The zero-order valence-corrected chi connectivity index (χ0v) is 14.8. The lowest BCUT2D eigenvalue weighted by Gasteiger charge is -2.28. The summed E-state index contributed by atoms with van der Waals surface area (Å²) in [6.45, 7) is 3.38. The van der Waals surface area contributed by atoms with E-state index in [0.717, 1.165) is 11.3 Å². The molecule has 0 amide bonds. The van der Waals surface area contributed by atoms with Gasteiger partial charge in [-0.05, 0) is 31.5 Å². The van der Waals surface area contributed by atoms with E-state index in [2.05, 4.69) is 15.4 Å². The van der Waals surface area contributed by atoms with Crippen LogP contribution in [0.4, 0.5) is 5.95 Å². The normalized spacial score (nSPS) is 16.1. The van der Waals surface area contributed by atoms with Gasteiger partial charge >= 0.3 is 0 Å². The lowest BCUT2D eigenvalue weighted by atomic mass is 9.92. The van der Waals surface area contributed by atoms with E-state index in [1.807, 2.05) is 19.1 Å². The lowest BCUT2D eigenvalue weighted by Crippen LogP contribution is -2.27. The van der Waals surface area contributed by atoms with E-state index >= 15 is 0 Å². The van der Waals surface area contributed by atoms with E-state index in [-0.39, 0.29) is 5.78 Å². The molecule has 25 heavy (non-hydrogen) atoms. The van der Waals surface area contributed by atoms with Gasteiger partial charge < -0.3 is 19.5 Å². The smallest absolute Gasteiger partial charge is 0.226 e. The van der Waals surface area contributed by atoms with E-state index in [0.29, 0.717) is 28.8 Å². The van der Waals surface area contributed by atoms with Gasteiger partial charge in [-0.25, -0.2) is 4.68 Å². The fraction of sp³-hybridized carbons (Fsp3) is 0.353. The maximum absolute atomic E-state index is 12.3. The van der Waals surface area contributed by atoms with Crippen LogP contribution in [0.15, 0.2) is 29.7 Å². The predicted molar refractivity (Wildman–Crippen MR) is 91.3 cm³/mol. The molecule has 3 rings (SSSR count). The Bertz CT molecular complexity index is 831. The number of Topliss-reactive ketones (excluding diaryl/α,β-unsaturated/α-hetero) is 1. The Morgan fingerprint density at radius 2 is 1.80 bits per heavy atom. The van der Waals surface area contributed by atoms with Gasteiger partial charge in [0, 0.05) is 11.3 Å². The summed E-state index contributed by atoms with van der Waals surface area (Å²) in [7, 11) is 4.65. The van der Waals surface area contributed by atoms with Gasteiger partial charge in [-0.15, -0.1) is 0 Å². The van der Waals surface area contributed by atoms with Crippen molar-refractivity contribution in [1.82, 2.24) is 14.8 Å². The Balaban J connectivity index is 2.25. The van der Waals surface area contributed by atoms with Crippen LogP contribution >= 0.6 is 0 Å². The van der Waals surface area contributed by atoms with Crippen LogP contribution < -0.4 is 19.5 Å². The summed E-state index contributed by atoms with van der Waals surface area (Å²) < 4.78 is 17.9. The summed E-state index contributed by atoms with van der Waals surface area (Å²) in [5, 5.41) is 7.39. The van der Waals surface area contributed by atoms with Crippen molar-refractivity contribution in [2.24, 2.45) is 0 Å². The molecule has 1 aromatic heterocycles. The number of fused-ring (bicyclic) bond motifs is 1. The van der Waals surface area contributed by atoms with Crippen LogP contribution in [0.5, 0.6) is 17.2 Å². The molecule has 8 nitrogen and oxygen atoms in total. The molecular weight excluding hydrogens is 324 g/mol. The third kappa shape index (κ3) is 2.69. The zero-order chi connectivity index (χ0) is 18.1. The highest BCUT2D eigenvalue weighted by Crippen LogP contribution is 2.43. The second kappa shape index (κ2) is 6.46. The fourth-order valence-corrected chi connectivity index (χ4v) is 3.11. The molecule has 0 saturated heterocycles. The Labute approximate surface area is 145 Å². The molecule has 2 heterocycles. The van der Waals surface area contributed by atoms with Crippen LogP contribution in [0.1, 0.15) is 25.5 Å². The van der Waals surface area contributed by atoms with Gasteiger partial charge in [0.25, 0.3) is 0 Å². The number of carbonyl (C=O) groups excluding carboxylic acids is 1. The number of rotatable bonds is 5. The second-order valence-corrected chi connectivity index (χ2v) is 5.61. The average Bonchev–Trinajstić information content (AvgIpc) is 3.06. The van der Waals surface area contributed by atoms with E-state index in [4.69, 9.17) is 14.2 Å². The molecule has 1 aliphatic rings. The van der Waals surface area contributed by atoms with Crippen LogP contribution in [0.25, 0.3) is 0 Å². The third-order valence-corrected chi connectivity index (χ3v) is 4.18. The summed E-state index contributed by atoms with van der Waals surface area (Å²) >= 11 is 0. The zero-order valence-electron chi connectivity index (χ0n) is 14.8. The summed E-state index contributed by atoms with van der Waals surface area (Å²) in [5.41, 5.74) is 2.13. The first kappa shape index (κ1) is 16.8. The van der Waals surface area contributed by atoms with Crippen LogP contribution in [-0.4, -0.2) is 41.9 Å². The molecule has 2 aromatic rings. The van der Waals surface area contributed by atoms with Crippen molar-refractivity contribution in [2.75, 3.05) is 26.6 Å². The van der Waals surface area contributed by atoms with E-state index in [1.165, 1.54) is 13.3 Å². The number of anilines is 1. The van der Waals surface area contributed by atoms with Gasteiger partial charge in [0.1, 0.15) is 12.4 Å². The molecule has 1 atom stereocenters. The quantitative estimate of drug-likeness (QED) is 0.889. The van der Waals surface area contributed by atoms with Gasteiger partial charge in [-0.3, -0.25) is 4.79 Å². The molecule has 0 aliphatic carbocycles. The first-order valence-corrected chi connectivity index (χ1v) is 7.70. The molecule has 1 aliphatic heterocycles. The first-order chi connectivity index (χ1) is 12.0. The Hall–Kier alpha value is -3.03. The van der Waals surface area contributed by atoms with E-state index in [1.54, 1.807) is 26.0 Å². The summed E-state index contributed by atoms with van der Waals surface area (Å²) in [5.74, 6) is 2.04. The van der Waals surface area contributed by atoms with Crippen LogP contribution in [0, 0.1) is 0 Å². The molecule has 0 bridgehead atoms. The minimum atomic E-state index is -0.440. The van der Waals surface area contributed by atoms with Crippen LogP contribution in [-0.2, 0) is 4.79 Å². The van der Waals surface area contributed by atoms with Crippen molar-refractivity contribution < 1.29 is 19.0 Å². The number of carbonyl (C=O) groups is 1. The highest BCUT2D eigenvalue weighted by molar-refractivity contribution is 5.96. The molecule has 8 heteroatoms. The van der Waals surface area contributed by atoms with Crippen LogP contribution in [0.2, 0.25) is 0 Å². The molecule has 0 fully saturated rings. The van der Waals surface area contributed by atoms with Crippen molar-refractivity contribution in [3.8, 4) is 17.2 Å². The number of hydrogen-bond donors (Lipinski definition) is 1. The highest BCUT2D eigenvalue weighted by Gasteiger charge is 2.33. The van der Waals surface area contributed by atoms with Crippen molar-refractivity contribution in [3.63, 3.8) is 0 Å². The molecule has 0 radical (unpaired) electrons. The van der Waals surface area contributed by atoms with E-state index < -0.39 is 6.04 Å². The predicted octanol–water partition coefficient (Wildman–Crippen LogP) is 2.18. The molecule has 1 aromatic carbocycles. The van der Waals surface area contributed by atoms with Gasteiger partial charge in [-0.2, -0.15) is 10.1 Å². The van der Waals surface area contributed by atoms with E-state index in [9.17, 15) is 4.79 Å². The number of aromatic nitrogens is 3. The number of ketones is 1. The second-order valence-electron chi connectivity index (χ2n) is 5.61. The van der Waals surface area contributed by atoms with Crippen molar-refractivity contribution >= 4 is 11.7 Å². The first-order valence-electron chi connectivity index (χ1n) is 7.70. The molecule has 132 valence electrons. The molecular formula is C17H20N4O4. The third-order valence-electron chi connectivity index (χ3n) is 4.18. The minimum absolute atomic E-state index is 0.0510. The fourth-order valence-electron chi connectivity index (χ4n) is 3.11. The summed E-state index contributed by atoms with van der Waals surface area (Å²) in [6, 6.07) is 3.20. The standard InChI is InChI=1S/C17H20N4O4/c1-9-14(10(2)22)15(21-17(20-9)18-8-19-21)11-6-12(23-3)16(25-5)13(7-11)24-4/h6-8,15H,1-5H3,(H,18,19,20). The number of benzene rings is 1. The maximum atomic E-state index is 12.3. The maximum Gasteiger partial charge on any atom is 0.226 e. The summed E-state index contributed by atoms with van der Waals surface area (Å²) in [4.78, 5) is 16.5. The van der Waals surface area contributed by atoms with Crippen molar-refractivity contribution in [3.05, 3.63) is 35.3 Å². The number of hydrogen-bond acceptors (Lipinski definition) is 7. The SMILES string of the molecule is COc1cc(C2C(C(C)=O)=C(C)Nc3ncnn32)cc(OC)c1OC. The molecule has 0 saturated carbocycles. The van der Waals surface area contributed by atoms with Crippen molar-refractivity contribution in [2.45, 2.75) is 19.9 Å². The minimum Gasteiger partial charge on any atom is -0.493 e. The Morgan fingerprint density at radius 1 is 1.16 bits per heavy atom. The van der Waals surface area contributed by atoms with Gasteiger partial charge in [0.05, 0.1) is 21.3 Å². The van der Waals surface area contributed by atoms with Gasteiger partial charge in [0.2, 0.25) is 11.7 Å². The largest absolute Gasteiger partial charge is 0.493 e. The van der Waals surface area contributed by atoms with Crippen molar-refractivity contribution in [1.29, 1.82) is 0 Å². The Morgan fingerprint density at radius 3 is 2.32 bits per heavy atom. The van der Waals surface area contributed by atoms with Gasteiger partial charge in [-0.1, -0.05) is 0 Å². The number of nitrogens with zero attached hydrogens (tertiary/aromatic N) is 3. The molecule has 1 N–H and O–H groups in total. The molecule has 0 spiro atoms. The van der Waals surface area contributed by atoms with Gasteiger partial charge in [0.15, 0.2) is 17.3 Å². The number of allylic oxidation sites excluding steroid dienone is 2. The lowest BCUT2D eigenvalue weighted by molar-refractivity contribution is -0.114. The summed E-state index contributed by atoms with van der Waals surface area (Å²) in [6.07, 6.45) is 1.45. The number of nitrogens with one attached hydrogen (secondary N) is 1. The highest BCUT2D eigenvalue weighted by atomic mass is 16.5. The van der Waals surface area contributed by atoms with Crippen LogP contribution in [0.3, 0.4) is 0 Å².